The molecule has 7 heteroatoms. The molecular formula is C11H20O7. The summed E-state index contributed by atoms with van der Waals surface area (Å²) in [5.74, 6) is 0. The molecule has 106 valence electrons. The molecular weight excluding hydrogens is 244 g/mol. The van der Waals surface area contributed by atoms with Crippen LogP contribution in [0.4, 0.5) is 0 Å². The van der Waals surface area contributed by atoms with Gasteiger partial charge >= 0.3 is 0 Å². The molecule has 6 atom stereocenters. The van der Waals surface area contributed by atoms with Crippen molar-refractivity contribution in [2.45, 2.75) is 49.7 Å². The Bertz CT molecular complexity index is 236. The minimum atomic E-state index is -0.889. The lowest BCUT2D eigenvalue weighted by atomic mass is 10.0. The van der Waals surface area contributed by atoms with Gasteiger partial charge in [0.15, 0.2) is 6.29 Å². The Labute approximate surface area is 105 Å². The molecule has 2 aliphatic heterocycles. The molecule has 0 aromatic heterocycles. The Balaban J connectivity index is 1.74. The maximum Gasteiger partial charge on any atom is 0.183 e. The summed E-state index contributed by atoms with van der Waals surface area (Å²) in [5.41, 5.74) is 0. The van der Waals surface area contributed by atoms with Gasteiger partial charge in [-0.2, -0.15) is 0 Å². The van der Waals surface area contributed by atoms with Crippen molar-refractivity contribution in [2.75, 3.05) is 19.8 Å². The van der Waals surface area contributed by atoms with Gasteiger partial charge in [-0.3, -0.25) is 0 Å². The van der Waals surface area contributed by atoms with Crippen molar-refractivity contribution in [3.63, 3.8) is 0 Å². The Hall–Kier alpha value is -0.280. The summed E-state index contributed by atoms with van der Waals surface area (Å²) in [6.45, 7) is 0.359. The second kappa shape index (κ2) is 6.25. The molecule has 0 aromatic carbocycles. The normalized spacial score (nSPS) is 46.0. The van der Waals surface area contributed by atoms with Gasteiger partial charge in [0, 0.05) is 12.8 Å². The fourth-order valence-electron chi connectivity index (χ4n) is 2.13. The third-order valence-corrected chi connectivity index (χ3v) is 3.15. The van der Waals surface area contributed by atoms with Crippen LogP contribution in [-0.2, 0) is 14.2 Å². The van der Waals surface area contributed by atoms with Crippen LogP contribution in [0.3, 0.4) is 0 Å². The van der Waals surface area contributed by atoms with Crippen molar-refractivity contribution in [2.24, 2.45) is 0 Å². The van der Waals surface area contributed by atoms with Crippen LogP contribution in [0, 0.1) is 0 Å². The standard InChI is InChI=1S/C11H20O7/c12-6-1-8(14)10(16-3-6)5-18-11-9(15)2-7(13)4-17-11/h6-15H,1-5H2/t6-,7+,8+,9-,10-,11+/m1/s1. The van der Waals surface area contributed by atoms with E-state index < -0.39 is 36.8 Å². The molecule has 2 heterocycles. The smallest absolute Gasteiger partial charge is 0.183 e. The minimum Gasteiger partial charge on any atom is -0.391 e. The van der Waals surface area contributed by atoms with E-state index in [4.69, 9.17) is 14.2 Å². The van der Waals surface area contributed by atoms with Crippen molar-refractivity contribution in [3.8, 4) is 0 Å². The van der Waals surface area contributed by atoms with Crippen molar-refractivity contribution < 1.29 is 34.6 Å². The second-order valence-electron chi connectivity index (χ2n) is 4.82. The predicted molar refractivity (Wildman–Crippen MR) is 58.7 cm³/mol. The number of rotatable bonds is 3. The molecule has 2 aliphatic rings. The first-order valence-corrected chi connectivity index (χ1v) is 6.13. The van der Waals surface area contributed by atoms with Crippen LogP contribution >= 0.6 is 0 Å². The molecule has 0 unspecified atom stereocenters. The zero-order valence-corrected chi connectivity index (χ0v) is 10.0. The third-order valence-electron chi connectivity index (χ3n) is 3.15. The first kappa shape index (κ1) is 14.1. The minimum absolute atomic E-state index is 0.0751. The van der Waals surface area contributed by atoms with Gasteiger partial charge in [0.25, 0.3) is 0 Å². The molecule has 0 spiro atoms. The molecule has 18 heavy (non-hydrogen) atoms. The van der Waals surface area contributed by atoms with Crippen LogP contribution in [0.1, 0.15) is 12.8 Å². The molecule has 0 bridgehead atoms. The molecule has 2 saturated heterocycles. The van der Waals surface area contributed by atoms with Crippen LogP contribution < -0.4 is 0 Å². The number of aliphatic hydroxyl groups excluding tert-OH is 4. The molecule has 7 nitrogen and oxygen atoms in total. The van der Waals surface area contributed by atoms with E-state index in [0.29, 0.717) is 0 Å². The number of hydrogen-bond acceptors (Lipinski definition) is 7. The van der Waals surface area contributed by atoms with E-state index in [9.17, 15) is 20.4 Å². The monoisotopic (exact) mass is 264 g/mol. The van der Waals surface area contributed by atoms with E-state index >= 15 is 0 Å². The molecule has 0 radical (unpaired) electrons. The van der Waals surface area contributed by atoms with Crippen LogP contribution in [-0.4, -0.2) is 77.1 Å². The molecule has 2 fully saturated rings. The Morgan fingerprint density at radius 2 is 1.50 bits per heavy atom. The first-order valence-electron chi connectivity index (χ1n) is 6.13. The van der Waals surface area contributed by atoms with Crippen molar-refractivity contribution in [1.82, 2.24) is 0 Å². The van der Waals surface area contributed by atoms with Gasteiger partial charge in [-0.15, -0.1) is 0 Å². The quantitative estimate of drug-likeness (QED) is 0.466. The zero-order valence-electron chi connectivity index (χ0n) is 10.0. The highest BCUT2D eigenvalue weighted by molar-refractivity contribution is 4.79. The maximum absolute atomic E-state index is 9.67. The Kier molecular flexibility index (Phi) is 4.91. The maximum atomic E-state index is 9.67. The largest absolute Gasteiger partial charge is 0.391 e. The number of ether oxygens (including phenoxy) is 3. The lowest BCUT2D eigenvalue weighted by Crippen LogP contribution is -2.47. The zero-order chi connectivity index (χ0) is 13.1. The summed E-state index contributed by atoms with van der Waals surface area (Å²) < 4.78 is 15.7. The first-order chi connectivity index (χ1) is 8.56. The molecule has 0 aromatic rings. The van der Waals surface area contributed by atoms with Gasteiger partial charge in [0.05, 0.1) is 38.1 Å². The fraction of sp³-hybridized carbons (Fsp3) is 1.00. The van der Waals surface area contributed by atoms with Crippen molar-refractivity contribution >= 4 is 0 Å². The molecule has 0 saturated carbocycles. The van der Waals surface area contributed by atoms with Crippen LogP contribution in [0.2, 0.25) is 0 Å². The summed E-state index contributed by atoms with van der Waals surface area (Å²) >= 11 is 0. The Morgan fingerprint density at radius 1 is 0.889 bits per heavy atom. The van der Waals surface area contributed by atoms with Gasteiger partial charge in [-0.1, -0.05) is 0 Å². The lowest BCUT2D eigenvalue weighted by molar-refractivity contribution is -0.253. The van der Waals surface area contributed by atoms with E-state index in [0.717, 1.165) is 0 Å². The third kappa shape index (κ3) is 3.61. The summed E-state index contributed by atoms with van der Waals surface area (Å²) in [4.78, 5) is 0. The summed E-state index contributed by atoms with van der Waals surface area (Å²) in [6, 6.07) is 0. The Morgan fingerprint density at radius 3 is 2.11 bits per heavy atom. The lowest BCUT2D eigenvalue weighted by Gasteiger charge is -2.34. The number of aliphatic hydroxyl groups is 4. The predicted octanol–water partition coefficient (Wildman–Crippen LogP) is -2.02. The summed E-state index contributed by atoms with van der Waals surface area (Å²) in [7, 11) is 0. The van der Waals surface area contributed by atoms with E-state index in [-0.39, 0.29) is 32.7 Å². The van der Waals surface area contributed by atoms with Gasteiger partial charge in [-0.25, -0.2) is 0 Å². The highest BCUT2D eigenvalue weighted by atomic mass is 16.7. The van der Waals surface area contributed by atoms with Gasteiger partial charge in [0.1, 0.15) is 12.2 Å². The van der Waals surface area contributed by atoms with Crippen LogP contribution in [0.25, 0.3) is 0 Å². The molecule has 0 aliphatic carbocycles. The van der Waals surface area contributed by atoms with Gasteiger partial charge in [0.2, 0.25) is 0 Å². The highest BCUT2D eigenvalue weighted by Gasteiger charge is 2.33. The SMILES string of the molecule is O[C@@H]1CO[C@@H](OC[C@H]2OC[C@H](O)C[C@@H]2O)[C@H](O)C1. The topological polar surface area (TPSA) is 109 Å². The summed E-state index contributed by atoms with van der Waals surface area (Å²) in [6.07, 6.45) is -3.89. The fourth-order valence-corrected chi connectivity index (χ4v) is 2.13. The second-order valence-corrected chi connectivity index (χ2v) is 4.82. The number of hydrogen-bond donors (Lipinski definition) is 4. The highest BCUT2D eigenvalue weighted by Crippen LogP contribution is 2.19. The summed E-state index contributed by atoms with van der Waals surface area (Å²) in [5, 5.41) is 37.8. The van der Waals surface area contributed by atoms with Gasteiger partial charge < -0.3 is 34.6 Å². The molecule has 4 N–H and O–H groups in total. The van der Waals surface area contributed by atoms with Crippen LogP contribution in [0.5, 0.6) is 0 Å². The average Bonchev–Trinajstić information content (AvgIpc) is 2.30. The van der Waals surface area contributed by atoms with E-state index in [1.165, 1.54) is 0 Å². The molecule has 0 amide bonds. The average molecular weight is 264 g/mol. The van der Waals surface area contributed by atoms with Crippen molar-refractivity contribution in [3.05, 3.63) is 0 Å². The van der Waals surface area contributed by atoms with E-state index in [1.807, 2.05) is 0 Å². The van der Waals surface area contributed by atoms with Crippen molar-refractivity contribution in [1.29, 1.82) is 0 Å². The van der Waals surface area contributed by atoms with E-state index in [1.54, 1.807) is 0 Å². The van der Waals surface area contributed by atoms with E-state index in [2.05, 4.69) is 0 Å². The van der Waals surface area contributed by atoms with Gasteiger partial charge in [-0.05, 0) is 0 Å². The molecule has 2 rings (SSSR count). The van der Waals surface area contributed by atoms with Crippen LogP contribution in [0.15, 0.2) is 0 Å².